The van der Waals surface area contributed by atoms with E-state index in [9.17, 15) is 37.1 Å². The molecule has 16 nitrogen and oxygen atoms in total. The van der Waals surface area contributed by atoms with Crippen LogP contribution in [0.15, 0.2) is 79.3 Å². The molecule has 0 bridgehead atoms. The topological polar surface area (TPSA) is 206 Å². The Morgan fingerprint density at radius 1 is 0.868 bits per heavy atom. The van der Waals surface area contributed by atoms with Gasteiger partial charge in [0.2, 0.25) is 29.5 Å². The number of nitrogens with zero attached hydrogens (tertiary/aromatic N) is 5. The fraction of sp³-hybridized carbons (Fsp3) is 0.408. The number of hydrogen-bond acceptors (Lipinski definition) is 11. The van der Waals surface area contributed by atoms with Gasteiger partial charge in [0, 0.05) is 62.2 Å². The quantitative estimate of drug-likeness (QED) is 0.0540. The zero-order chi connectivity index (χ0) is 47.8. The van der Waals surface area contributed by atoms with Gasteiger partial charge in [0.15, 0.2) is 0 Å². The number of piperidine rings is 2. The summed E-state index contributed by atoms with van der Waals surface area (Å²) < 4.78 is 44.2. The molecule has 5 heterocycles. The molecule has 0 saturated carbocycles. The van der Waals surface area contributed by atoms with Gasteiger partial charge in [0.1, 0.15) is 29.6 Å². The van der Waals surface area contributed by atoms with Crippen molar-refractivity contribution in [1.29, 1.82) is 0 Å². The van der Waals surface area contributed by atoms with Crippen molar-refractivity contribution in [3.63, 3.8) is 0 Å². The van der Waals surface area contributed by atoms with Gasteiger partial charge in [-0.05, 0) is 123 Å². The Balaban J connectivity index is 0.729. The Kier molecular flexibility index (Phi) is 14.9. The maximum atomic E-state index is 13.3. The van der Waals surface area contributed by atoms with E-state index >= 15 is 0 Å². The molecule has 3 aliphatic heterocycles. The number of likely N-dealkylation sites (tertiary alicyclic amines) is 1. The first kappa shape index (κ1) is 47.5. The number of anilines is 3. The van der Waals surface area contributed by atoms with Gasteiger partial charge in [0.25, 0.3) is 0 Å². The molecule has 0 radical (unpaired) electrons. The largest absolute Gasteiger partial charge is 0.573 e. The van der Waals surface area contributed by atoms with Crippen molar-refractivity contribution in [1.82, 2.24) is 35.4 Å². The van der Waals surface area contributed by atoms with E-state index in [-0.39, 0.29) is 41.7 Å². The van der Waals surface area contributed by atoms with Gasteiger partial charge in [0.05, 0.1) is 18.4 Å². The molecule has 3 aliphatic rings. The van der Waals surface area contributed by atoms with Crippen LogP contribution in [0.4, 0.5) is 30.4 Å². The predicted molar refractivity (Wildman–Crippen MR) is 249 cm³/mol. The van der Waals surface area contributed by atoms with E-state index in [0.29, 0.717) is 106 Å². The van der Waals surface area contributed by atoms with Gasteiger partial charge < -0.3 is 35.9 Å². The number of ether oxygens (including phenoxy) is 1. The molecular formula is C49H55F3N10O6. The van der Waals surface area contributed by atoms with Crippen LogP contribution >= 0.6 is 0 Å². The van der Waals surface area contributed by atoms with Gasteiger partial charge in [-0.3, -0.25) is 34.2 Å². The molecule has 1 atom stereocenters. The number of unbranched alkanes of at least 4 members (excludes halogenated alkanes) is 1. The number of rotatable bonds is 18. The summed E-state index contributed by atoms with van der Waals surface area (Å²) >= 11 is 0. The Morgan fingerprint density at radius 2 is 1.65 bits per heavy atom. The molecule has 2 fully saturated rings. The van der Waals surface area contributed by atoms with E-state index in [1.165, 1.54) is 30.1 Å². The van der Waals surface area contributed by atoms with Crippen LogP contribution in [0.3, 0.4) is 0 Å². The van der Waals surface area contributed by atoms with E-state index in [0.717, 1.165) is 54.0 Å². The smallest absolute Gasteiger partial charge is 0.406 e. The lowest BCUT2D eigenvalue weighted by Crippen LogP contribution is -2.47. The summed E-state index contributed by atoms with van der Waals surface area (Å²) in [7, 11) is 0. The summed E-state index contributed by atoms with van der Waals surface area (Å²) in [5.74, 6) is -0.513. The number of amides is 5. The number of fused-ring (bicyclic) bond motifs is 2. The number of imide groups is 1. The van der Waals surface area contributed by atoms with Crippen LogP contribution in [-0.4, -0.2) is 101 Å². The van der Waals surface area contributed by atoms with Gasteiger partial charge in [-0.25, -0.2) is 9.97 Å². The zero-order valence-corrected chi connectivity index (χ0v) is 37.6. The second kappa shape index (κ2) is 21.3. The molecule has 5 aromatic rings. The van der Waals surface area contributed by atoms with Crippen LogP contribution in [0.1, 0.15) is 74.0 Å². The number of aromatic nitrogens is 3. The molecule has 1 unspecified atom stereocenters. The minimum Gasteiger partial charge on any atom is -0.406 e. The molecule has 2 aromatic heterocycles. The number of carbonyl (C=O) groups excluding carboxylic acids is 5. The van der Waals surface area contributed by atoms with Crippen molar-refractivity contribution < 1.29 is 41.9 Å². The van der Waals surface area contributed by atoms with Crippen molar-refractivity contribution in [3.8, 4) is 16.9 Å². The number of carbonyl (C=O) groups is 5. The number of nitrogen functional groups attached to an aromatic ring is 1. The highest BCUT2D eigenvalue weighted by Crippen LogP contribution is 2.38. The molecule has 0 spiro atoms. The summed E-state index contributed by atoms with van der Waals surface area (Å²) in [5, 5.41) is 12.3. The molecule has 8 rings (SSSR count). The third-order valence-corrected chi connectivity index (χ3v) is 12.7. The fourth-order valence-electron chi connectivity index (χ4n) is 9.26. The Labute approximate surface area is 391 Å². The van der Waals surface area contributed by atoms with Gasteiger partial charge in [-0.1, -0.05) is 30.3 Å². The molecule has 0 aliphatic carbocycles. The van der Waals surface area contributed by atoms with Crippen LogP contribution < -0.4 is 36.6 Å². The maximum absolute atomic E-state index is 13.3. The molecule has 5 amide bonds. The molecule has 358 valence electrons. The number of hydrogen-bond donors (Lipinski definition) is 5. The number of nitrogens with one attached hydrogen (secondary N) is 4. The third kappa shape index (κ3) is 12.1. The molecule has 2 saturated heterocycles. The van der Waals surface area contributed by atoms with Crippen molar-refractivity contribution in [3.05, 3.63) is 95.9 Å². The van der Waals surface area contributed by atoms with Crippen molar-refractivity contribution >= 4 is 57.8 Å². The summed E-state index contributed by atoms with van der Waals surface area (Å²) in [6.07, 6.45) is 4.06. The number of halogens is 3. The number of benzene rings is 3. The average molecular weight is 937 g/mol. The first-order valence-corrected chi connectivity index (χ1v) is 23.1. The van der Waals surface area contributed by atoms with Crippen molar-refractivity contribution in [2.45, 2.75) is 89.1 Å². The lowest BCUT2D eigenvalue weighted by atomic mass is 9.89. The standard InChI is InChI=1S/C49H55F3N10O6/c50-49(51,52)68-37-6-3-5-31(25-37)26-44(66)62-24-18-35-27-34(10-14-40(35)62)38-28-61(47-45(38)46(53)56-30-57-47)21-4-20-54-41(63)7-1-2-19-55-43(65)29-60-22-16-33(17-23-60)32-8-11-36(12-9-32)58-39-13-15-42(64)59-48(39)67/h3,5-6,8-12,14,25,27-28,30,33,39,58H,1-2,4,7,13,15-24,26,29H2,(H,54,63)(H,55,65)(H2,53,56,57)(H,59,64,67). The second-order valence-corrected chi connectivity index (χ2v) is 17.5. The van der Waals surface area contributed by atoms with E-state index in [2.05, 4.69) is 53.0 Å². The third-order valence-electron chi connectivity index (χ3n) is 12.7. The maximum Gasteiger partial charge on any atom is 0.573 e. The van der Waals surface area contributed by atoms with Crippen molar-refractivity contribution in [2.24, 2.45) is 0 Å². The highest BCUT2D eigenvalue weighted by molar-refractivity contribution is 6.03. The summed E-state index contributed by atoms with van der Waals surface area (Å²) in [4.78, 5) is 74.8. The SMILES string of the molecule is Nc1ncnc2c1c(-c1ccc3c(c1)CCN3C(=O)Cc1cccc(OC(F)(F)F)c1)cn2CCCNC(=O)CCCCNC(=O)CN1CCC(c2ccc(NC3CCC(=O)NC3=O)cc2)CC1. The molecule has 6 N–H and O–H groups in total. The van der Waals surface area contributed by atoms with E-state index in [1.807, 2.05) is 41.1 Å². The highest BCUT2D eigenvalue weighted by Gasteiger charge is 2.32. The van der Waals surface area contributed by atoms with Gasteiger partial charge in [-0.15, -0.1) is 13.2 Å². The van der Waals surface area contributed by atoms with Crippen LogP contribution in [0, 0.1) is 0 Å². The minimum atomic E-state index is -4.83. The van der Waals surface area contributed by atoms with Gasteiger partial charge in [-0.2, -0.15) is 0 Å². The van der Waals surface area contributed by atoms with E-state index < -0.39 is 12.4 Å². The van der Waals surface area contributed by atoms with Gasteiger partial charge >= 0.3 is 6.36 Å². The molecule has 19 heteroatoms. The molecular weight excluding hydrogens is 882 g/mol. The number of nitrogens with two attached hydrogens (primary N) is 1. The first-order chi connectivity index (χ1) is 32.8. The summed E-state index contributed by atoms with van der Waals surface area (Å²) in [6.45, 7) is 3.91. The molecule has 3 aromatic carbocycles. The average Bonchev–Trinajstić information content (AvgIpc) is 3.91. The predicted octanol–water partition coefficient (Wildman–Crippen LogP) is 5.60. The van der Waals surface area contributed by atoms with Crippen LogP contribution in [0.5, 0.6) is 5.75 Å². The van der Waals surface area contributed by atoms with E-state index in [1.54, 1.807) is 11.0 Å². The summed E-state index contributed by atoms with van der Waals surface area (Å²) in [6, 6.07) is 18.9. The van der Waals surface area contributed by atoms with Crippen LogP contribution in [-0.2, 0) is 43.4 Å². The lowest BCUT2D eigenvalue weighted by Gasteiger charge is -2.31. The normalized spacial score (nSPS) is 16.6. The fourth-order valence-corrected chi connectivity index (χ4v) is 9.26. The Bertz CT molecular complexity index is 2650. The highest BCUT2D eigenvalue weighted by atomic mass is 19.4. The monoisotopic (exact) mass is 936 g/mol. The molecule has 68 heavy (non-hydrogen) atoms. The Morgan fingerprint density at radius 3 is 2.43 bits per heavy atom. The summed E-state index contributed by atoms with van der Waals surface area (Å²) in [5.41, 5.74) is 12.9. The number of aryl methyl sites for hydroxylation is 1. The first-order valence-electron chi connectivity index (χ1n) is 23.1. The second-order valence-electron chi connectivity index (χ2n) is 17.5. The van der Waals surface area contributed by atoms with Crippen LogP contribution in [0.25, 0.3) is 22.2 Å². The lowest BCUT2D eigenvalue weighted by molar-refractivity contribution is -0.274. The number of alkyl halides is 3. The minimum absolute atomic E-state index is 0.0247. The van der Waals surface area contributed by atoms with Crippen molar-refractivity contribution in [2.75, 3.05) is 55.2 Å². The zero-order valence-electron chi connectivity index (χ0n) is 37.6. The van der Waals surface area contributed by atoms with Crippen LogP contribution in [0.2, 0.25) is 0 Å². The Hall–Kier alpha value is -7.02. The van der Waals surface area contributed by atoms with E-state index in [4.69, 9.17) is 5.73 Å².